The number of nitrogens with zero attached hydrogens (tertiary/aromatic N) is 1. The predicted molar refractivity (Wildman–Crippen MR) is 73.2 cm³/mol. The Morgan fingerprint density at radius 3 is 2.65 bits per heavy atom. The molecule has 0 spiro atoms. The number of carboxylic acids is 1. The number of carbonyl (C=O) groups is 2. The Kier molecular flexibility index (Phi) is 3.22. The molecule has 0 radical (unpaired) electrons. The quantitative estimate of drug-likeness (QED) is 0.837. The number of aromatic nitrogens is 1. The Hall–Kier alpha value is -1.88. The van der Waals surface area contributed by atoms with Gasteiger partial charge in [0.2, 0.25) is 5.91 Å². The Labute approximate surface area is 120 Å². The van der Waals surface area contributed by atoms with E-state index >= 15 is 0 Å². The molecule has 0 aliphatic heterocycles. The first-order valence-electron chi connectivity index (χ1n) is 6.40. The molecular formula is C14H13ClN2O3. The van der Waals surface area contributed by atoms with Gasteiger partial charge in [-0.25, -0.2) is 4.98 Å². The molecule has 2 aliphatic rings. The van der Waals surface area contributed by atoms with E-state index in [1.54, 1.807) is 12.1 Å². The topological polar surface area (TPSA) is 79.3 Å². The number of anilines is 1. The van der Waals surface area contributed by atoms with Crippen LogP contribution in [-0.4, -0.2) is 22.0 Å². The second kappa shape index (κ2) is 4.90. The summed E-state index contributed by atoms with van der Waals surface area (Å²) >= 11 is 5.95. The number of pyridine rings is 1. The van der Waals surface area contributed by atoms with Crippen LogP contribution in [0, 0.1) is 23.7 Å². The summed E-state index contributed by atoms with van der Waals surface area (Å²) in [6, 6.07) is 3.29. The summed E-state index contributed by atoms with van der Waals surface area (Å²) in [5.41, 5.74) is 0. The molecule has 1 saturated carbocycles. The molecule has 1 heterocycles. The minimum atomic E-state index is -0.922. The summed E-state index contributed by atoms with van der Waals surface area (Å²) in [5.74, 6) is -2.25. The van der Waals surface area contributed by atoms with E-state index in [0.29, 0.717) is 5.02 Å². The molecule has 0 aromatic carbocycles. The molecule has 3 rings (SSSR count). The highest BCUT2D eigenvalue weighted by atomic mass is 35.5. The summed E-state index contributed by atoms with van der Waals surface area (Å²) in [6.07, 6.45) is 6.09. The van der Waals surface area contributed by atoms with Crippen LogP contribution < -0.4 is 5.32 Å². The second-order valence-corrected chi connectivity index (χ2v) is 5.57. The number of rotatable bonds is 3. The molecule has 6 heteroatoms. The molecule has 0 saturated heterocycles. The first kappa shape index (κ1) is 13.1. The zero-order chi connectivity index (χ0) is 14.3. The maximum atomic E-state index is 12.4. The number of carboxylic acid groups (broad SMARTS) is 1. The Balaban J connectivity index is 1.82. The van der Waals surface area contributed by atoms with E-state index in [9.17, 15) is 14.7 Å². The van der Waals surface area contributed by atoms with Crippen molar-refractivity contribution in [3.63, 3.8) is 0 Å². The number of carbonyl (C=O) groups excluding carboxylic acids is 1. The van der Waals surface area contributed by atoms with Crippen molar-refractivity contribution in [1.29, 1.82) is 0 Å². The molecule has 4 atom stereocenters. The minimum absolute atomic E-state index is 0.0106. The first-order valence-corrected chi connectivity index (χ1v) is 6.78. The van der Waals surface area contributed by atoms with Gasteiger partial charge in [-0.15, -0.1) is 0 Å². The number of fused-ring (bicyclic) bond motifs is 2. The van der Waals surface area contributed by atoms with Crippen LogP contribution >= 0.6 is 11.6 Å². The smallest absolute Gasteiger partial charge is 0.307 e. The third kappa shape index (κ3) is 2.08. The number of halogens is 1. The average molecular weight is 293 g/mol. The maximum absolute atomic E-state index is 12.4. The molecule has 2 unspecified atom stereocenters. The van der Waals surface area contributed by atoms with Gasteiger partial charge in [0.1, 0.15) is 0 Å². The van der Waals surface area contributed by atoms with Crippen molar-refractivity contribution in [2.45, 2.75) is 6.42 Å². The van der Waals surface area contributed by atoms with E-state index in [4.69, 9.17) is 11.6 Å². The van der Waals surface area contributed by atoms with E-state index in [2.05, 4.69) is 10.3 Å². The third-order valence-corrected chi connectivity index (χ3v) is 4.35. The lowest BCUT2D eigenvalue weighted by molar-refractivity contribution is -0.146. The van der Waals surface area contributed by atoms with E-state index in [1.165, 1.54) is 6.20 Å². The largest absolute Gasteiger partial charge is 0.481 e. The minimum Gasteiger partial charge on any atom is -0.481 e. The monoisotopic (exact) mass is 292 g/mol. The zero-order valence-corrected chi connectivity index (χ0v) is 11.2. The van der Waals surface area contributed by atoms with Gasteiger partial charge in [0.15, 0.2) is 5.82 Å². The van der Waals surface area contributed by atoms with Crippen molar-refractivity contribution in [2.75, 3.05) is 5.32 Å². The van der Waals surface area contributed by atoms with Crippen LogP contribution in [0.2, 0.25) is 5.02 Å². The molecule has 2 bridgehead atoms. The fraction of sp³-hybridized carbons (Fsp3) is 0.357. The summed E-state index contributed by atoms with van der Waals surface area (Å²) in [6.45, 7) is 0. The van der Waals surface area contributed by atoms with Gasteiger partial charge >= 0.3 is 5.97 Å². The van der Waals surface area contributed by atoms with Crippen LogP contribution in [0.3, 0.4) is 0 Å². The highest BCUT2D eigenvalue weighted by molar-refractivity contribution is 6.33. The molecule has 1 fully saturated rings. The number of allylic oxidation sites excluding steroid dienone is 2. The van der Waals surface area contributed by atoms with Gasteiger partial charge in [-0.1, -0.05) is 23.8 Å². The van der Waals surface area contributed by atoms with Gasteiger partial charge in [0.25, 0.3) is 0 Å². The number of nitrogens with one attached hydrogen (secondary N) is 1. The lowest BCUT2D eigenvalue weighted by Gasteiger charge is -2.23. The molecule has 104 valence electrons. The van der Waals surface area contributed by atoms with Crippen LogP contribution in [0.25, 0.3) is 0 Å². The summed E-state index contributed by atoms with van der Waals surface area (Å²) in [4.78, 5) is 27.7. The van der Waals surface area contributed by atoms with Crippen molar-refractivity contribution in [3.05, 3.63) is 35.5 Å². The fourth-order valence-electron chi connectivity index (χ4n) is 3.19. The fourth-order valence-corrected chi connectivity index (χ4v) is 3.36. The number of hydrogen-bond donors (Lipinski definition) is 2. The molecule has 2 N–H and O–H groups in total. The molecule has 5 nitrogen and oxygen atoms in total. The first-order chi connectivity index (χ1) is 9.58. The number of hydrogen-bond acceptors (Lipinski definition) is 3. The van der Waals surface area contributed by atoms with Crippen LogP contribution in [0.4, 0.5) is 5.82 Å². The van der Waals surface area contributed by atoms with Crippen molar-refractivity contribution < 1.29 is 14.7 Å². The molecular weight excluding hydrogens is 280 g/mol. The molecule has 1 amide bonds. The van der Waals surface area contributed by atoms with Crippen molar-refractivity contribution in [1.82, 2.24) is 4.98 Å². The standard InChI is InChI=1S/C14H13ClN2O3/c15-9-2-1-5-16-12(9)17-13(18)10-7-3-4-8(6-7)11(10)14(19)20/h1-5,7-8,10-11H,6H2,(H,19,20)(H,16,17,18)/t7?,8?,10-,11+/m0/s1. The summed E-state index contributed by atoms with van der Waals surface area (Å²) < 4.78 is 0. The van der Waals surface area contributed by atoms with E-state index < -0.39 is 17.8 Å². The van der Waals surface area contributed by atoms with Gasteiger partial charge in [-0.2, -0.15) is 0 Å². The lowest BCUT2D eigenvalue weighted by Crippen LogP contribution is -2.36. The van der Waals surface area contributed by atoms with Crippen molar-refractivity contribution >= 4 is 29.3 Å². The molecule has 20 heavy (non-hydrogen) atoms. The Morgan fingerprint density at radius 1 is 1.30 bits per heavy atom. The van der Waals surface area contributed by atoms with Gasteiger partial charge in [0, 0.05) is 6.20 Å². The van der Waals surface area contributed by atoms with Crippen LogP contribution in [0.5, 0.6) is 0 Å². The van der Waals surface area contributed by atoms with E-state index in [0.717, 1.165) is 6.42 Å². The van der Waals surface area contributed by atoms with Crippen molar-refractivity contribution in [3.8, 4) is 0 Å². The Bertz CT molecular complexity index is 602. The second-order valence-electron chi connectivity index (χ2n) is 5.16. The summed E-state index contributed by atoms with van der Waals surface area (Å²) in [5, 5.41) is 12.3. The highest BCUT2D eigenvalue weighted by Gasteiger charge is 2.51. The number of amides is 1. The van der Waals surface area contributed by atoms with Gasteiger partial charge in [-0.05, 0) is 30.4 Å². The van der Waals surface area contributed by atoms with Crippen LogP contribution in [0.1, 0.15) is 6.42 Å². The highest BCUT2D eigenvalue weighted by Crippen LogP contribution is 2.48. The predicted octanol–water partition coefficient (Wildman–Crippen LogP) is 2.20. The molecule has 2 aliphatic carbocycles. The van der Waals surface area contributed by atoms with E-state index in [1.807, 2.05) is 12.2 Å². The van der Waals surface area contributed by atoms with Gasteiger partial charge < -0.3 is 10.4 Å². The lowest BCUT2D eigenvalue weighted by atomic mass is 9.82. The molecule has 1 aromatic heterocycles. The van der Waals surface area contributed by atoms with Crippen LogP contribution in [0.15, 0.2) is 30.5 Å². The zero-order valence-electron chi connectivity index (χ0n) is 10.5. The normalized spacial score (nSPS) is 30.4. The van der Waals surface area contributed by atoms with E-state index in [-0.39, 0.29) is 23.6 Å². The van der Waals surface area contributed by atoms with Crippen molar-refractivity contribution in [2.24, 2.45) is 23.7 Å². The third-order valence-electron chi connectivity index (χ3n) is 4.05. The van der Waals surface area contributed by atoms with Crippen LogP contribution in [-0.2, 0) is 9.59 Å². The van der Waals surface area contributed by atoms with Gasteiger partial charge in [-0.3, -0.25) is 9.59 Å². The maximum Gasteiger partial charge on any atom is 0.307 e. The average Bonchev–Trinajstić information content (AvgIpc) is 3.01. The van der Waals surface area contributed by atoms with Gasteiger partial charge in [0.05, 0.1) is 16.9 Å². The summed E-state index contributed by atoms with van der Waals surface area (Å²) in [7, 11) is 0. The number of aliphatic carboxylic acids is 1. The Morgan fingerprint density at radius 2 is 2.00 bits per heavy atom. The SMILES string of the molecule is O=C(O)[C@@H]1C2C=CC(C2)[C@@H]1C(=O)Nc1ncccc1Cl. The molecule has 1 aromatic rings.